The van der Waals surface area contributed by atoms with Crippen LogP contribution in [0.25, 0.3) is 11.0 Å². The molecule has 0 aliphatic heterocycles. The fourth-order valence-electron chi connectivity index (χ4n) is 2.27. The molecule has 8 nitrogen and oxygen atoms in total. The second-order valence-electron chi connectivity index (χ2n) is 5.43. The maximum Gasteiger partial charge on any atom is 0.267 e. The molecule has 3 aromatic rings. The summed E-state index contributed by atoms with van der Waals surface area (Å²) < 4.78 is 10.4. The molecule has 1 heterocycles. The first-order valence-corrected chi connectivity index (χ1v) is 8.10. The van der Waals surface area contributed by atoms with Crippen LogP contribution in [-0.4, -0.2) is 41.4 Å². The minimum Gasteiger partial charge on any atom is -0.497 e. The van der Waals surface area contributed by atoms with Crippen molar-refractivity contribution in [1.82, 2.24) is 15.2 Å². The fraction of sp³-hybridized carbons (Fsp3) is 0.235. The van der Waals surface area contributed by atoms with Crippen molar-refractivity contribution in [3.8, 4) is 11.5 Å². The van der Waals surface area contributed by atoms with Crippen molar-refractivity contribution in [2.45, 2.75) is 13.0 Å². The number of methoxy groups -OCH3 is 2. The van der Waals surface area contributed by atoms with E-state index in [1.54, 1.807) is 43.3 Å². The van der Waals surface area contributed by atoms with Crippen LogP contribution in [-0.2, 0) is 4.79 Å². The molecule has 0 saturated carbocycles. The molecule has 26 heavy (non-hydrogen) atoms. The number of ether oxygens (including phenoxy) is 2. The third kappa shape index (κ3) is 3.80. The van der Waals surface area contributed by atoms with Crippen LogP contribution in [0.3, 0.4) is 0 Å². The molecule has 3 rings (SSSR count). The molecule has 0 fully saturated rings. The van der Waals surface area contributed by atoms with E-state index in [4.69, 9.17) is 25.9 Å². The lowest BCUT2D eigenvalue weighted by atomic mass is 10.2. The fourth-order valence-corrected chi connectivity index (χ4v) is 2.44. The van der Waals surface area contributed by atoms with Crippen LogP contribution < -0.4 is 19.6 Å². The van der Waals surface area contributed by atoms with Crippen molar-refractivity contribution in [3.05, 3.63) is 41.4 Å². The number of carbonyl (C=O) groups is 1. The SMILES string of the molecule is COc1cc(NC(=O)C(C)On2nnc3ccc(Cl)cc32)cc(OC)c1. The van der Waals surface area contributed by atoms with Crippen LogP contribution in [0.4, 0.5) is 5.69 Å². The number of hydrogen-bond donors (Lipinski definition) is 1. The van der Waals surface area contributed by atoms with E-state index in [1.807, 2.05) is 0 Å². The third-order valence-corrected chi connectivity index (χ3v) is 3.86. The lowest BCUT2D eigenvalue weighted by Gasteiger charge is -2.15. The highest BCUT2D eigenvalue weighted by molar-refractivity contribution is 6.31. The number of nitrogens with one attached hydrogen (secondary N) is 1. The molecule has 1 amide bonds. The third-order valence-electron chi connectivity index (χ3n) is 3.62. The Morgan fingerprint density at radius 1 is 1.15 bits per heavy atom. The molecular formula is C17H17ClN4O4. The molecular weight excluding hydrogens is 360 g/mol. The Bertz CT molecular complexity index is 921. The van der Waals surface area contributed by atoms with Gasteiger partial charge in [0.15, 0.2) is 0 Å². The molecule has 1 atom stereocenters. The maximum absolute atomic E-state index is 12.4. The number of fused-ring (bicyclic) bond motifs is 1. The standard InChI is InChI=1S/C17H17ClN4O4/c1-10(26-22-16-6-11(18)4-5-15(16)20-21-22)17(23)19-12-7-13(24-2)9-14(8-12)25-3/h4-10H,1-3H3,(H,19,23). The van der Waals surface area contributed by atoms with Gasteiger partial charge in [-0.25, -0.2) is 0 Å². The van der Waals surface area contributed by atoms with Gasteiger partial charge in [0.2, 0.25) is 6.10 Å². The summed E-state index contributed by atoms with van der Waals surface area (Å²) in [5.41, 5.74) is 1.70. The van der Waals surface area contributed by atoms with Crippen molar-refractivity contribution >= 4 is 34.2 Å². The van der Waals surface area contributed by atoms with Crippen LogP contribution in [0.1, 0.15) is 6.92 Å². The summed E-state index contributed by atoms with van der Waals surface area (Å²) in [6, 6.07) is 10.2. The van der Waals surface area contributed by atoms with Gasteiger partial charge in [0, 0.05) is 28.9 Å². The number of benzene rings is 2. The van der Waals surface area contributed by atoms with E-state index in [0.717, 1.165) is 0 Å². The number of anilines is 1. The Labute approximate surface area is 154 Å². The van der Waals surface area contributed by atoms with Crippen LogP contribution in [0.5, 0.6) is 11.5 Å². The van der Waals surface area contributed by atoms with E-state index >= 15 is 0 Å². The highest BCUT2D eigenvalue weighted by Crippen LogP contribution is 2.26. The zero-order valence-electron chi connectivity index (χ0n) is 14.4. The van der Waals surface area contributed by atoms with Crippen molar-refractivity contribution in [3.63, 3.8) is 0 Å². The van der Waals surface area contributed by atoms with Crippen LogP contribution in [0.15, 0.2) is 36.4 Å². The largest absolute Gasteiger partial charge is 0.497 e. The lowest BCUT2D eigenvalue weighted by Crippen LogP contribution is -2.35. The zero-order chi connectivity index (χ0) is 18.7. The van der Waals surface area contributed by atoms with E-state index in [9.17, 15) is 4.79 Å². The summed E-state index contributed by atoms with van der Waals surface area (Å²) in [7, 11) is 3.07. The number of carbonyl (C=O) groups excluding carboxylic acids is 1. The van der Waals surface area contributed by atoms with Gasteiger partial charge < -0.3 is 19.6 Å². The van der Waals surface area contributed by atoms with Gasteiger partial charge in [0.25, 0.3) is 5.91 Å². The molecule has 2 aromatic carbocycles. The topological polar surface area (TPSA) is 87.5 Å². The number of amides is 1. The van der Waals surface area contributed by atoms with Crippen molar-refractivity contribution in [2.24, 2.45) is 0 Å². The first kappa shape index (κ1) is 17.8. The maximum atomic E-state index is 12.4. The molecule has 1 aromatic heterocycles. The highest BCUT2D eigenvalue weighted by Gasteiger charge is 2.18. The number of hydrogen-bond acceptors (Lipinski definition) is 6. The lowest BCUT2D eigenvalue weighted by molar-refractivity contribution is -0.127. The molecule has 1 N–H and O–H groups in total. The van der Waals surface area contributed by atoms with Crippen molar-refractivity contribution in [1.29, 1.82) is 0 Å². The Morgan fingerprint density at radius 3 is 2.50 bits per heavy atom. The summed E-state index contributed by atoms with van der Waals surface area (Å²) in [5.74, 6) is 0.751. The normalized spacial score (nSPS) is 11.8. The quantitative estimate of drug-likeness (QED) is 0.711. The van der Waals surface area contributed by atoms with Gasteiger partial charge in [-0.05, 0) is 30.3 Å². The van der Waals surface area contributed by atoms with E-state index in [1.165, 1.54) is 19.1 Å². The summed E-state index contributed by atoms with van der Waals surface area (Å²) >= 11 is 5.98. The number of halogens is 1. The molecule has 0 saturated heterocycles. The summed E-state index contributed by atoms with van der Waals surface area (Å²) in [6.45, 7) is 1.60. The molecule has 0 aliphatic carbocycles. The monoisotopic (exact) mass is 376 g/mol. The summed E-state index contributed by atoms with van der Waals surface area (Å²) in [4.78, 5) is 19.2. The van der Waals surface area contributed by atoms with Crippen LogP contribution >= 0.6 is 11.6 Å². The molecule has 9 heteroatoms. The Balaban J connectivity index is 1.74. The van der Waals surface area contributed by atoms with Crippen LogP contribution in [0.2, 0.25) is 5.02 Å². The molecule has 0 spiro atoms. The smallest absolute Gasteiger partial charge is 0.267 e. The first-order valence-electron chi connectivity index (χ1n) is 7.72. The second-order valence-corrected chi connectivity index (χ2v) is 5.87. The number of rotatable bonds is 6. The minimum atomic E-state index is -0.837. The number of aromatic nitrogens is 3. The van der Waals surface area contributed by atoms with Crippen molar-refractivity contribution in [2.75, 3.05) is 19.5 Å². The molecule has 1 unspecified atom stereocenters. The Kier molecular flexibility index (Phi) is 5.13. The van der Waals surface area contributed by atoms with Gasteiger partial charge in [0.05, 0.1) is 14.2 Å². The van der Waals surface area contributed by atoms with E-state index in [-0.39, 0.29) is 5.91 Å². The molecule has 0 bridgehead atoms. The van der Waals surface area contributed by atoms with E-state index in [0.29, 0.717) is 33.2 Å². The van der Waals surface area contributed by atoms with Gasteiger partial charge in [-0.3, -0.25) is 4.79 Å². The molecule has 0 radical (unpaired) electrons. The van der Waals surface area contributed by atoms with Gasteiger partial charge in [0.1, 0.15) is 22.5 Å². The van der Waals surface area contributed by atoms with Gasteiger partial charge >= 0.3 is 0 Å². The summed E-state index contributed by atoms with van der Waals surface area (Å²) in [5, 5.41) is 11.1. The molecule has 136 valence electrons. The van der Waals surface area contributed by atoms with Gasteiger partial charge in [-0.1, -0.05) is 16.4 Å². The van der Waals surface area contributed by atoms with Gasteiger partial charge in [-0.15, -0.1) is 5.10 Å². The van der Waals surface area contributed by atoms with E-state index in [2.05, 4.69) is 15.6 Å². The Morgan fingerprint density at radius 2 is 1.85 bits per heavy atom. The van der Waals surface area contributed by atoms with Crippen LogP contribution in [0, 0.1) is 0 Å². The average molecular weight is 377 g/mol. The zero-order valence-corrected chi connectivity index (χ0v) is 15.1. The molecule has 0 aliphatic rings. The minimum absolute atomic E-state index is 0.369. The van der Waals surface area contributed by atoms with E-state index < -0.39 is 6.10 Å². The Hall–Kier alpha value is -3.00. The average Bonchev–Trinajstić information content (AvgIpc) is 3.03. The van der Waals surface area contributed by atoms with Gasteiger partial charge in [-0.2, -0.15) is 0 Å². The summed E-state index contributed by atoms with van der Waals surface area (Å²) in [6.07, 6.45) is -0.837. The predicted molar refractivity (Wildman–Crippen MR) is 96.8 cm³/mol. The number of nitrogens with zero attached hydrogens (tertiary/aromatic N) is 3. The second kappa shape index (κ2) is 7.49. The van der Waals surface area contributed by atoms with Crippen molar-refractivity contribution < 1.29 is 19.1 Å². The first-order chi connectivity index (χ1) is 12.5. The predicted octanol–water partition coefficient (Wildman–Crippen LogP) is 2.56. The highest BCUT2D eigenvalue weighted by atomic mass is 35.5.